The molecular formula is C40H44NiS8-4. The zero-order chi connectivity index (χ0) is 35.4. The first-order chi connectivity index (χ1) is 22.8. The standard InChI is InChI=1S/2C20H24S4.Ni/c2*1-13(2)15-9-5-7-11-17(15)23-19(21)20(22)24-18-12-8-6-10-16(18)14(3)4;/h2*5-14,21-22H,1-4H3;/p-4. The van der Waals surface area contributed by atoms with Crippen molar-refractivity contribution >= 4 is 97.6 Å². The normalized spacial score (nSPS) is 12.3. The molecule has 0 aliphatic heterocycles. The van der Waals surface area contributed by atoms with Gasteiger partial charge in [-0.3, -0.25) is 0 Å². The summed E-state index contributed by atoms with van der Waals surface area (Å²) in [5.74, 6) is 1.89. The van der Waals surface area contributed by atoms with Crippen LogP contribution in [0.2, 0.25) is 0 Å². The van der Waals surface area contributed by atoms with Gasteiger partial charge in [-0.25, -0.2) is 0 Å². The van der Waals surface area contributed by atoms with Crippen LogP contribution in [0.4, 0.5) is 0 Å². The maximum Gasteiger partial charge on any atom is 0.0135 e. The smallest absolute Gasteiger partial charge is 0.0135 e. The molecule has 4 aromatic carbocycles. The van der Waals surface area contributed by atoms with E-state index in [2.05, 4.69) is 152 Å². The Morgan fingerprint density at radius 3 is 0.673 bits per heavy atom. The number of thioether (sulfide) groups is 4. The summed E-state index contributed by atoms with van der Waals surface area (Å²) < 4.78 is 3.12. The van der Waals surface area contributed by atoms with Gasteiger partial charge in [0.2, 0.25) is 0 Å². The summed E-state index contributed by atoms with van der Waals surface area (Å²) in [5.41, 5.74) is 5.28. The third kappa shape index (κ3) is 13.9. The van der Waals surface area contributed by atoms with Gasteiger partial charge in [-0.2, -0.15) is 0 Å². The Hall–Kier alpha value is -0.866. The Kier molecular flexibility index (Phi) is 20.1. The zero-order valence-corrected chi connectivity index (χ0v) is 36.6. The minimum atomic E-state index is 0. The van der Waals surface area contributed by atoms with Crippen molar-refractivity contribution < 1.29 is 16.5 Å². The average molecular weight is 840 g/mol. The molecule has 49 heavy (non-hydrogen) atoms. The van der Waals surface area contributed by atoms with E-state index < -0.39 is 0 Å². The second-order valence-electron chi connectivity index (χ2n) is 12.3. The summed E-state index contributed by atoms with van der Waals surface area (Å²) in [4.78, 5) is 4.82. The van der Waals surface area contributed by atoms with Gasteiger partial charge in [-0.1, -0.05) is 128 Å². The van der Waals surface area contributed by atoms with E-state index in [0.717, 1.165) is 16.9 Å². The fourth-order valence-electron chi connectivity index (χ4n) is 4.77. The molecule has 0 bridgehead atoms. The van der Waals surface area contributed by atoms with E-state index in [1.807, 2.05) is 0 Å². The monoisotopic (exact) mass is 838 g/mol. The Balaban J connectivity index is 0.000000333. The maximum atomic E-state index is 5.61. The van der Waals surface area contributed by atoms with E-state index in [0.29, 0.717) is 23.7 Å². The van der Waals surface area contributed by atoms with Crippen molar-refractivity contribution in [1.29, 1.82) is 0 Å². The largest absolute Gasteiger partial charge is 0.774 e. The SMILES string of the molecule is CC(C)c1ccccc1SC([S-])=C([S-])Sc1ccccc1C(C)C.CC(C)c1ccccc1SC([S-])=C([S-])Sc1ccccc1C(C)C.[Ni]. The van der Waals surface area contributed by atoms with Gasteiger partial charge >= 0.3 is 0 Å². The number of hydrogen-bond donors (Lipinski definition) is 0. The first kappa shape index (κ1) is 44.3. The van der Waals surface area contributed by atoms with Gasteiger partial charge in [0.05, 0.1) is 0 Å². The number of rotatable bonds is 12. The molecule has 0 saturated heterocycles. The van der Waals surface area contributed by atoms with Crippen molar-refractivity contribution in [3.8, 4) is 0 Å². The van der Waals surface area contributed by atoms with E-state index in [9.17, 15) is 0 Å². The van der Waals surface area contributed by atoms with Gasteiger partial charge in [-0.05, 0) is 70.2 Å². The van der Waals surface area contributed by atoms with Gasteiger partial charge in [0.15, 0.2) is 0 Å². The van der Waals surface area contributed by atoms with Crippen LogP contribution in [0.25, 0.3) is 0 Å². The molecule has 0 saturated carbocycles. The first-order valence-electron chi connectivity index (χ1n) is 16.0. The van der Waals surface area contributed by atoms with Gasteiger partial charge in [0, 0.05) is 36.1 Å². The summed E-state index contributed by atoms with van der Waals surface area (Å²) in [6.45, 7) is 17.6. The molecule has 0 aliphatic carbocycles. The summed E-state index contributed by atoms with van der Waals surface area (Å²) >= 11 is 28.9. The molecule has 0 N–H and O–H groups in total. The van der Waals surface area contributed by atoms with Gasteiger partial charge in [0.1, 0.15) is 0 Å². The van der Waals surface area contributed by atoms with E-state index in [1.165, 1.54) is 41.8 Å². The van der Waals surface area contributed by atoms with Crippen molar-refractivity contribution in [1.82, 2.24) is 0 Å². The molecule has 0 atom stereocenters. The summed E-state index contributed by atoms with van der Waals surface area (Å²) in [5, 5.41) is 0. The molecule has 0 aromatic heterocycles. The third-order valence-corrected chi connectivity index (χ3v) is 14.1. The van der Waals surface area contributed by atoms with Crippen LogP contribution in [0.15, 0.2) is 134 Å². The molecule has 0 spiro atoms. The third-order valence-electron chi connectivity index (χ3n) is 7.31. The molecule has 4 rings (SSSR count). The maximum absolute atomic E-state index is 5.61. The molecule has 0 heterocycles. The molecule has 266 valence electrons. The molecule has 0 amide bonds. The fourth-order valence-corrected chi connectivity index (χ4v) is 10.3. The molecule has 9 heteroatoms. The second-order valence-corrected chi connectivity index (χ2v) is 19.2. The molecule has 0 unspecified atom stereocenters. The van der Waals surface area contributed by atoms with Crippen molar-refractivity contribution in [2.24, 2.45) is 0 Å². The van der Waals surface area contributed by atoms with Crippen molar-refractivity contribution in [3.05, 3.63) is 136 Å². The summed E-state index contributed by atoms with van der Waals surface area (Å²) in [6, 6.07) is 33.7. The van der Waals surface area contributed by atoms with Crippen LogP contribution in [-0.4, -0.2) is 0 Å². The topological polar surface area (TPSA) is 0 Å². The van der Waals surface area contributed by atoms with E-state index >= 15 is 0 Å². The summed E-state index contributed by atoms with van der Waals surface area (Å²) in [6.07, 6.45) is 0. The minimum Gasteiger partial charge on any atom is -0.774 e. The van der Waals surface area contributed by atoms with Gasteiger partial charge in [0.25, 0.3) is 0 Å². The number of hydrogen-bond acceptors (Lipinski definition) is 8. The predicted molar refractivity (Wildman–Crippen MR) is 229 cm³/mol. The fraction of sp³-hybridized carbons (Fsp3) is 0.300. The Morgan fingerprint density at radius 1 is 0.347 bits per heavy atom. The van der Waals surface area contributed by atoms with Crippen molar-refractivity contribution in [2.75, 3.05) is 0 Å². The van der Waals surface area contributed by atoms with Crippen molar-refractivity contribution in [2.45, 2.75) is 98.6 Å². The number of benzene rings is 4. The molecule has 0 radical (unpaired) electrons. The Labute approximate surface area is 345 Å². The summed E-state index contributed by atoms with van der Waals surface area (Å²) in [7, 11) is 0. The second kappa shape index (κ2) is 22.3. The molecule has 0 aliphatic rings. The minimum absolute atomic E-state index is 0. The first-order valence-corrected chi connectivity index (χ1v) is 20.9. The molecule has 4 aromatic rings. The van der Waals surface area contributed by atoms with Crippen LogP contribution < -0.4 is 0 Å². The van der Waals surface area contributed by atoms with Crippen LogP contribution in [0, 0.1) is 0 Å². The zero-order valence-electron chi connectivity index (χ0n) is 29.1. The quantitative estimate of drug-likeness (QED) is 0.0776. The van der Waals surface area contributed by atoms with Crippen LogP contribution in [0.5, 0.6) is 0 Å². The van der Waals surface area contributed by atoms with Crippen LogP contribution >= 0.6 is 47.0 Å². The van der Waals surface area contributed by atoms with E-state index in [1.54, 1.807) is 47.0 Å². The Morgan fingerprint density at radius 2 is 0.510 bits per heavy atom. The molecule has 0 fully saturated rings. The van der Waals surface area contributed by atoms with Crippen LogP contribution in [0.3, 0.4) is 0 Å². The van der Waals surface area contributed by atoms with Crippen LogP contribution in [0.1, 0.15) is 101 Å². The van der Waals surface area contributed by atoms with Gasteiger partial charge in [-0.15, -0.1) is 64.0 Å². The van der Waals surface area contributed by atoms with Gasteiger partial charge < -0.3 is 50.5 Å². The van der Waals surface area contributed by atoms with Crippen LogP contribution in [-0.2, 0) is 67.0 Å². The van der Waals surface area contributed by atoms with E-state index in [-0.39, 0.29) is 16.5 Å². The average Bonchev–Trinajstić information content (AvgIpc) is 3.05. The van der Waals surface area contributed by atoms with Crippen molar-refractivity contribution in [3.63, 3.8) is 0 Å². The molecule has 0 nitrogen and oxygen atoms in total. The molecular weight excluding hydrogens is 796 g/mol. The van der Waals surface area contributed by atoms with E-state index in [4.69, 9.17) is 50.5 Å². The Bertz CT molecular complexity index is 1440. The predicted octanol–water partition coefficient (Wildman–Crippen LogP) is 14.1.